The minimum absolute atomic E-state index is 0.598. The first kappa shape index (κ1) is 15.0. The average Bonchev–Trinajstić information content (AvgIpc) is 2.33. The van der Waals surface area contributed by atoms with E-state index in [0.717, 1.165) is 29.4 Å². The highest BCUT2D eigenvalue weighted by Gasteiger charge is 2.20. The fourth-order valence-electron chi connectivity index (χ4n) is 1.59. The van der Waals surface area contributed by atoms with Gasteiger partial charge in [0.2, 0.25) is 0 Å². The predicted octanol–water partition coefficient (Wildman–Crippen LogP) is 3.74. The molecule has 0 aliphatic heterocycles. The van der Waals surface area contributed by atoms with Crippen LogP contribution in [-0.4, -0.2) is 17.3 Å². The second kappa shape index (κ2) is 6.74. The van der Waals surface area contributed by atoms with E-state index in [4.69, 9.17) is 11.6 Å². The lowest BCUT2D eigenvalue weighted by atomic mass is 9.97. The van der Waals surface area contributed by atoms with Gasteiger partial charge in [0.1, 0.15) is 0 Å². The van der Waals surface area contributed by atoms with Crippen LogP contribution in [0.2, 0.25) is 5.02 Å². The van der Waals surface area contributed by atoms with Crippen LogP contribution in [0.1, 0.15) is 32.3 Å². The van der Waals surface area contributed by atoms with E-state index in [1.807, 2.05) is 32.0 Å². The summed E-state index contributed by atoms with van der Waals surface area (Å²) in [6.07, 6.45) is 1.52. The summed E-state index contributed by atoms with van der Waals surface area (Å²) in [6, 6.07) is 5.88. The Balaban J connectivity index is 2.48. The molecule has 0 heterocycles. The van der Waals surface area contributed by atoms with Crippen molar-refractivity contribution in [1.82, 2.24) is 5.32 Å². The van der Waals surface area contributed by atoms with Crippen LogP contribution < -0.4 is 5.32 Å². The fourth-order valence-corrected chi connectivity index (χ4v) is 2.04. The van der Waals surface area contributed by atoms with Crippen LogP contribution in [0.5, 0.6) is 0 Å². The average molecular weight is 321 g/mol. The van der Waals surface area contributed by atoms with Gasteiger partial charge in [-0.25, -0.2) is 0 Å². The molecular weight excluding hydrogens is 302 g/mol. The minimum Gasteiger partial charge on any atom is -0.389 e. The molecule has 0 bridgehead atoms. The minimum atomic E-state index is -0.598. The van der Waals surface area contributed by atoms with Crippen molar-refractivity contribution in [2.75, 3.05) is 6.54 Å². The SMILES string of the molecule is CCC(O)(CC)CNCc1ccc(Br)c(Cl)c1. The third-order valence-electron chi connectivity index (χ3n) is 3.08. The molecule has 0 saturated heterocycles. The number of rotatable bonds is 6. The van der Waals surface area contributed by atoms with Crippen LogP contribution >= 0.6 is 27.5 Å². The van der Waals surface area contributed by atoms with E-state index in [1.54, 1.807) is 0 Å². The van der Waals surface area contributed by atoms with Gasteiger partial charge in [-0.1, -0.05) is 31.5 Å². The Kier molecular flexibility index (Phi) is 5.93. The predicted molar refractivity (Wildman–Crippen MR) is 76.4 cm³/mol. The highest BCUT2D eigenvalue weighted by atomic mass is 79.9. The maximum absolute atomic E-state index is 10.1. The largest absolute Gasteiger partial charge is 0.389 e. The van der Waals surface area contributed by atoms with Gasteiger partial charge in [-0.2, -0.15) is 0 Å². The molecule has 2 nitrogen and oxygen atoms in total. The number of hydrogen-bond donors (Lipinski definition) is 2. The van der Waals surface area contributed by atoms with E-state index in [0.29, 0.717) is 11.6 Å². The number of hydrogen-bond acceptors (Lipinski definition) is 2. The maximum Gasteiger partial charge on any atom is 0.0766 e. The summed E-state index contributed by atoms with van der Waals surface area (Å²) < 4.78 is 0.904. The Labute approximate surface area is 117 Å². The van der Waals surface area contributed by atoms with Gasteiger partial charge in [-0.05, 0) is 46.5 Å². The molecule has 1 aromatic rings. The lowest BCUT2D eigenvalue weighted by molar-refractivity contribution is 0.0323. The van der Waals surface area contributed by atoms with Crippen LogP contribution in [0.15, 0.2) is 22.7 Å². The molecule has 0 amide bonds. The normalized spacial score (nSPS) is 11.8. The Morgan fingerprint density at radius 1 is 1.35 bits per heavy atom. The monoisotopic (exact) mass is 319 g/mol. The molecule has 0 spiro atoms. The molecule has 17 heavy (non-hydrogen) atoms. The van der Waals surface area contributed by atoms with E-state index in [2.05, 4.69) is 21.2 Å². The quantitative estimate of drug-likeness (QED) is 0.837. The van der Waals surface area contributed by atoms with Crippen LogP contribution in [0.3, 0.4) is 0 Å². The molecule has 0 aliphatic rings. The van der Waals surface area contributed by atoms with E-state index in [9.17, 15) is 5.11 Å². The summed E-state index contributed by atoms with van der Waals surface area (Å²) in [7, 11) is 0. The smallest absolute Gasteiger partial charge is 0.0766 e. The summed E-state index contributed by atoms with van der Waals surface area (Å²) in [5.41, 5.74) is 0.520. The summed E-state index contributed by atoms with van der Waals surface area (Å²) in [5.74, 6) is 0. The van der Waals surface area contributed by atoms with Crippen molar-refractivity contribution in [1.29, 1.82) is 0 Å². The molecule has 4 heteroatoms. The van der Waals surface area contributed by atoms with Crippen molar-refractivity contribution >= 4 is 27.5 Å². The third kappa shape index (κ3) is 4.59. The molecular formula is C13H19BrClNO. The van der Waals surface area contributed by atoms with Gasteiger partial charge in [-0.15, -0.1) is 0 Å². The highest BCUT2D eigenvalue weighted by Crippen LogP contribution is 2.23. The second-order valence-electron chi connectivity index (χ2n) is 4.28. The van der Waals surface area contributed by atoms with Gasteiger partial charge in [0.05, 0.1) is 10.6 Å². The molecule has 0 aromatic heterocycles. The van der Waals surface area contributed by atoms with Crippen LogP contribution in [-0.2, 0) is 6.54 Å². The topological polar surface area (TPSA) is 32.3 Å². The lowest BCUT2D eigenvalue weighted by Crippen LogP contribution is -2.39. The van der Waals surface area contributed by atoms with Crippen molar-refractivity contribution in [3.05, 3.63) is 33.3 Å². The second-order valence-corrected chi connectivity index (χ2v) is 5.54. The standard InChI is InChI=1S/C13H19BrClNO/c1-3-13(17,4-2)9-16-8-10-5-6-11(14)12(15)7-10/h5-7,16-17H,3-4,8-9H2,1-2H3. The van der Waals surface area contributed by atoms with Crippen molar-refractivity contribution in [2.45, 2.75) is 38.8 Å². The fraction of sp³-hybridized carbons (Fsp3) is 0.538. The van der Waals surface area contributed by atoms with E-state index in [-0.39, 0.29) is 0 Å². The number of aliphatic hydroxyl groups is 1. The molecule has 0 radical (unpaired) electrons. The highest BCUT2D eigenvalue weighted by molar-refractivity contribution is 9.10. The first-order valence-electron chi connectivity index (χ1n) is 5.88. The zero-order valence-electron chi connectivity index (χ0n) is 10.3. The number of nitrogens with one attached hydrogen (secondary N) is 1. The first-order chi connectivity index (χ1) is 8.00. The zero-order chi connectivity index (χ0) is 12.9. The zero-order valence-corrected chi connectivity index (χ0v) is 12.6. The molecule has 1 rings (SSSR count). The Hall–Kier alpha value is -0.0900. The molecule has 0 aliphatic carbocycles. The van der Waals surface area contributed by atoms with Crippen molar-refractivity contribution < 1.29 is 5.11 Å². The maximum atomic E-state index is 10.1. The van der Waals surface area contributed by atoms with Crippen LogP contribution in [0.4, 0.5) is 0 Å². The summed E-state index contributed by atoms with van der Waals surface area (Å²) in [5, 5.41) is 14.1. The molecule has 0 fully saturated rings. The summed E-state index contributed by atoms with van der Waals surface area (Å²) in [4.78, 5) is 0. The van der Waals surface area contributed by atoms with E-state index in [1.165, 1.54) is 0 Å². The van der Waals surface area contributed by atoms with E-state index >= 15 is 0 Å². The van der Waals surface area contributed by atoms with Crippen molar-refractivity contribution in [3.8, 4) is 0 Å². The van der Waals surface area contributed by atoms with Crippen molar-refractivity contribution in [3.63, 3.8) is 0 Å². The van der Waals surface area contributed by atoms with Gasteiger partial charge in [0.15, 0.2) is 0 Å². The summed E-state index contributed by atoms with van der Waals surface area (Å²) >= 11 is 9.37. The van der Waals surface area contributed by atoms with Gasteiger partial charge in [0, 0.05) is 17.6 Å². The van der Waals surface area contributed by atoms with Gasteiger partial charge in [0.25, 0.3) is 0 Å². The Morgan fingerprint density at radius 3 is 2.53 bits per heavy atom. The van der Waals surface area contributed by atoms with Crippen LogP contribution in [0, 0.1) is 0 Å². The Morgan fingerprint density at radius 2 is 2.00 bits per heavy atom. The number of halogens is 2. The molecule has 96 valence electrons. The van der Waals surface area contributed by atoms with Gasteiger partial charge < -0.3 is 10.4 Å². The van der Waals surface area contributed by atoms with E-state index < -0.39 is 5.60 Å². The molecule has 0 unspecified atom stereocenters. The molecule has 2 N–H and O–H groups in total. The first-order valence-corrected chi connectivity index (χ1v) is 7.05. The van der Waals surface area contributed by atoms with Crippen LogP contribution in [0.25, 0.3) is 0 Å². The lowest BCUT2D eigenvalue weighted by Gasteiger charge is -2.25. The third-order valence-corrected chi connectivity index (χ3v) is 4.32. The number of benzene rings is 1. The van der Waals surface area contributed by atoms with Gasteiger partial charge >= 0.3 is 0 Å². The van der Waals surface area contributed by atoms with Crippen molar-refractivity contribution in [2.24, 2.45) is 0 Å². The molecule has 0 atom stereocenters. The molecule has 0 saturated carbocycles. The Bertz CT molecular complexity index is 366. The van der Waals surface area contributed by atoms with Gasteiger partial charge in [-0.3, -0.25) is 0 Å². The summed E-state index contributed by atoms with van der Waals surface area (Å²) in [6.45, 7) is 5.33. The molecule has 1 aromatic carbocycles.